The second-order valence-corrected chi connectivity index (χ2v) is 5.31. The van der Waals surface area contributed by atoms with Crippen LogP contribution in [-0.4, -0.2) is 21.3 Å². The molecule has 2 aromatic rings. The number of aryl methyl sites for hydroxylation is 1. The molecule has 1 N–H and O–H groups in total. The molecule has 0 spiro atoms. The summed E-state index contributed by atoms with van der Waals surface area (Å²) >= 11 is 0. The first-order chi connectivity index (χ1) is 8.79. The molecule has 0 radical (unpaired) electrons. The summed E-state index contributed by atoms with van der Waals surface area (Å²) in [6.45, 7) is 0.207. The molecule has 96 valence electrons. The Hall–Kier alpha value is -1.35. The third-order valence-corrected chi connectivity index (χ3v) is 4.10. The van der Waals surface area contributed by atoms with Crippen molar-refractivity contribution in [2.75, 3.05) is 6.61 Å². The number of rotatable bonds is 3. The highest BCUT2D eigenvalue weighted by Crippen LogP contribution is 2.34. The lowest BCUT2D eigenvalue weighted by atomic mass is 10.1. The van der Waals surface area contributed by atoms with Crippen molar-refractivity contribution in [1.82, 2.24) is 9.55 Å². The average Bonchev–Trinajstić information content (AvgIpc) is 2.99. The van der Waals surface area contributed by atoms with E-state index in [4.69, 9.17) is 10.1 Å². The Labute approximate surface area is 107 Å². The first kappa shape index (κ1) is 11.7. The van der Waals surface area contributed by atoms with Gasteiger partial charge in [-0.1, -0.05) is 18.9 Å². The van der Waals surface area contributed by atoms with Gasteiger partial charge in [0.25, 0.3) is 0 Å². The average molecular weight is 244 g/mol. The van der Waals surface area contributed by atoms with Gasteiger partial charge in [-0.15, -0.1) is 0 Å². The van der Waals surface area contributed by atoms with Crippen LogP contribution in [0.5, 0.6) is 0 Å². The van der Waals surface area contributed by atoms with Gasteiger partial charge in [0, 0.05) is 19.6 Å². The van der Waals surface area contributed by atoms with Gasteiger partial charge in [-0.25, -0.2) is 4.98 Å². The van der Waals surface area contributed by atoms with Gasteiger partial charge in [0.1, 0.15) is 5.82 Å². The van der Waals surface area contributed by atoms with E-state index in [1.54, 1.807) is 0 Å². The first-order valence-electron chi connectivity index (χ1n) is 6.85. The summed E-state index contributed by atoms with van der Waals surface area (Å²) in [6.07, 6.45) is 5.95. The number of hydrogen-bond acceptors (Lipinski definition) is 2. The molecule has 18 heavy (non-hydrogen) atoms. The maximum absolute atomic E-state index is 9.02. The number of aromatic nitrogens is 2. The van der Waals surface area contributed by atoms with Crippen molar-refractivity contribution in [1.29, 1.82) is 0 Å². The highest BCUT2D eigenvalue weighted by atomic mass is 16.2. The predicted molar refractivity (Wildman–Crippen MR) is 72.7 cm³/mol. The fourth-order valence-corrected chi connectivity index (χ4v) is 3.09. The van der Waals surface area contributed by atoms with Crippen molar-refractivity contribution in [3.05, 3.63) is 29.6 Å². The summed E-state index contributed by atoms with van der Waals surface area (Å²) in [7, 11) is 2.12. The molecular weight excluding hydrogens is 224 g/mol. The van der Waals surface area contributed by atoms with Crippen LogP contribution in [0.15, 0.2) is 18.2 Å². The van der Waals surface area contributed by atoms with E-state index < -0.39 is 0 Å². The second kappa shape index (κ2) is 4.73. The van der Waals surface area contributed by atoms with Crippen LogP contribution >= 0.6 is 0 Å². The zero-order valence-corrected chi connectivity index (χ0v) is 10.9. The zero-order chi connectivity index (χ0) is 12.5. The normalized spacial score (nSPS) is 16.8. The van der Waals surface area contributed by atoms with E-state index in [9.17, 15) is 0 Å². The first-order valence-corrected chi connectivity index (χ1v) is 6.85. The van der Waals surface area contributed by atoms with Gasteiger partial charge in [-0.3, -0.25) is 0 Å². The van der Waals surface area contributed by atoms with Gasteiger partial charge < -0.3 is 9.67 Å². The van der Waals surface area contributed by atoms with E-state index in [0.29, 0.717) is 5.92 Å². The molecule has 0 bridgehead atoms. The molecule has 1 fully saturated rings. The third-order valence-electron chi connectivity index (χ3n) is 4.10. The lowest BCUT2D eigenvalue weighted by Gasteiger charge is -2.08. The van der Waals surface area contributed by atoms with Crippen LogP contribution < -0.4 is 0 Å². The molecule has 1 aromatic carbocycles. The summed E-state index contributed by atoms with van der Waals surface area (Å²) in [5, 5.41) is 9.02. The quantitative estimate of drug-likeness (QED) is 0.901. The molecule has 0 saturated heterocycles. The minimum Gasteiger partial charge on any atom is -0.396 e. The van der Waals surface area contributed by atoms with Crippen molar-refractivity contribution in [2.45, 2.75) is 38.0 Å². The minimum absolute atomic E-state index is 0.207. The molecule has 1 heterocycles. The van der Waals surface area contributed by atoms with Crippen LogP contribution in [-0.2, 0) is 13.5 Å². The number of fused-ring (bicyclic) bond motifs is 1. The molecule has 0 atom stereocenters. The minimum atomic E-state index is 0.207. The largest absolute Gasteiger partial charge is 0.396 e. The Bertz CT molecular complexity index is 553. The Kier molecular flexibility index (Phi) is 3.08. The summed E-state index contributed by atoms with van der Waals surface area (Å²) in [4.78, 5) is 4.80. The Balaban J connectivity index is 2.04. The molecule has 1 saturated carbocycles. The van der Waals surface area contributed by atoms with E-state index in [1.165, 1.54) is 42.6 Å². The lowest BCUT2D eigenvalue weighted by Crippen LogP contribution is -2.02. The van der Waals surface area contributed by atoms with Gasteiger partial charge in [-0.2, -0.15) is 0 Å². The van der Waals surface area contributed by atoms with Gasteiger partial charge >= 0.3 is 0 Å². The molecule has 3 rings (SSSR count). The Morgan fingerprint density at radius 3 is 2.83 bits per heavy atom. The number of hydrogen-bond donors (Lipinski definition) is 1. The maximum atomic E-state index is 9.02. The van der Waals surface area contributed by atoms with Crippen LogP contribution in [0.3, 0.4) is 0 Å². The predicted octanol–water partition coefficient (Wildman–Crippen LogP) is 2.77. The van der Waals surface area contributed by atoms with Crippen LogP contribution in [0.1, 0.15) is 43.0 Å². The molecule has 0 aliphatic heterocycles. The van der Waals surface area contributed by atoms with E-state index in [0.717, 1.165) is 11.9 Å². The summed E-state index contributed by atoms with van der Waals surface area (Å²) in [6, 6.07) is 6.32. The van der Waals surface area contributed by atoms with Crippen molar-refractivity contribution in [2.24, 2.45) is 7.05 Å². The molecule has 3 heteroatoms. The van der Waals surface area contributed by atoms with Gasteiger partial charge in [-0.05, 0) is 37.0 Å². The second-order valence-electron chi connectivity index (χ2n) is 5.31. The maximum Gasteiger partial charge on any atom is 0.112 e. The van der Waals surface area contributed by atoms with Crippen LogP contribution in [0.2, 0.25) is 0 Å². The van der Waals surface area contributed by atoms with Crippen molar-refractivity contribution >= 4 is 11.0 Å². The molecule has 1 aromatic heterocycles. The van der Waals surface area contributed by atoms with Gasteiger partial charge in [0.15, 0.2) is 0 Å². The van der Waals surface area contributed by atoms with Crippen molar-refractivity contribution < 1.29 is 5.11 Å². The molecule has 3 nitrogen and oxygen atoms in total. The lowest BCUT2D eigenvalue weighted by molar-refractivity contribution is 0.299. The van der Waals surface area contributed by atoms with Crippen LogP contribution in [0, 0.1) is 0 Å². The summed E-state index contributed by atoms with van der Waals surface area (Å²) < 4.78 is 2.24. The van der Waals surface area contributed by atoms with E-state index in [2.05, 4.69) is 29.8 Å². The third kappa shape index (κ3) is 1.93. The van der Waals surface area contributed by atoms with Crippen LogP contribution in [0.4, 0.5) is 0 Å². The topological polar surface area (TPSA) is 38.0 Å². The summed E-state index contributed by atoms with van der Waals surface area (Å²) in [5.41, 5.74) is 3.47. The SMILES string of the molecule is Cn1c(C2CCCC2)nc2ccc(CCO)cc21. The van der Waals surface area contributed by atoms with Crippen molar-refractivity contribution in [3.8, 4) is 0 Å². The monoisotopic (exact) mass is 244 g/mol. The standard InChI is InChI=1S/C15H20N2O/c1-17-14-10-11(8-9-18)6-7-13(14)16-15(17)12-4-2-3-5-12/h6-7,10,12,18H,2-5,8-9H2,1H3. The highest BCUT2D eigenvalue weighted by Gasteiger charge is 2.22. The molecule has 0 amide bonds. The van der Waals surface area contributed by atoms with Crippen LogP contribution in [0.25, 0.3) is 11.0 Å². The van der Waals surface area contributed by atoms with Gasteiger partial charge in [0.2, 0.25) is 0 Å². The Morgan fingerprint density at radius 1 is 1.33 bits per heavy atom. The fourth-order valence-electron chi connectivity index (χ4n) is 3.09. The molecule has 0 unspecified atom stereocenters. The summed E-state index contributed by atoms with van der Waals surface area (Å²) in [5.74, 6) is 1.88. The Morgan fingerprint density at radius 2 is 2.11 bits per heavy atom. The van der Waals surface area contributed by atoms with Crippen molar-refractivity contribution in [3.63, 3.8) is 0 Å². The fraction of sp³-hybridized carbons (Fsp3) is 0.533. The number of aliphatic hydroxyl groups is 1. The molecule has 1 aliphatic rings. The number of nitrogens with zero attached hydrogens (tertiary/aromatic N) is 2. The zero-order valence-electron chi connectivity index (χ0n) is 10.9. The van der Waals surface area contributed by atoms with E-state index in [1.807, 2.05) is 0 Å². The number of benzene rings is 1. The van der Waals surface area contributed by atoms with E-state index >= 15 is 0 Å². The van der Waals surface area contributed by atoms with E-state index in [-0.39, 0.29) is 6.61 Å². The smallest absolute Gasteiger partial charge is 0.112 e. The van der Waals surface area contributed by atoms with Gasteiger partial charge in [0.05, 0.1) is 11.0 Å². The number of imidazole rings is 1. The number of aliphatic hydroxyl groups excluding tert-OH is 1. The highest BCUT2D eigenvalue weighted by molar-refractivity contribution is 5.77. The molecule has 1 aliphatic carbocycles. The molecular formula is C15H20N2O.